The number of hydrogen-bond acceptors (Lipinski definition) is 3. The molecule has 0 radical (unpaired) electrons. The van der Waals surface area contributed by atoms with Crippen LogP contribution in [0.2, 0.25) is 0 Å². The largest absolute Gasteiger partial charge is 0.497 e. The molecule has 4 rings (SSSR count). The summed E-state index contributed by atoms with van der Waals surface area (Å²) < 4.78 is 5.24. The predicted molar refractivity (Wildman–Crippen MR) is 116 cm³/mol. The summed E-state index contributed by atoms with van der Waals surface area (Å²) in [6, 6.07) is 25.3. The van der Waals surface area contributed by atoms with Crippen LogP contribution < -0.4 is 15.0 Å². The first kappa shape index (κ1) is 18.6. The standard InChI is InChI=1S/C25H22N2O2/c1-3-17-25(26-20-13-15-21(29-2)16-14-20)22-11-7-8-12-23(22)27(24(25)28)18-19-9-5-4-6-10-19/h1,4-16,26H,17-18H2,2H3. The summed E-state index contributed by atoms with van der Waals surface area (Å²) in [4.78, 5) is 15.6. The maximum Gasteiger partial charge on any atom is 0.258 e. The van der Waals surface area contributed by atoms with Crippen LogP contribution in [0.1, 0.15) is 17.5 Å². The molecule has 1 aliphatic heterocycles. The van der Waals surface area contributed by atoms with Crippen molar-refractivity contribution in [3.63, 3.8) is 0 Å². The Morgan fingerprint density at radius 2 is 1.69 bits per heavy atom. The molecule has 1 unspecified atom stereocenters. The Morgan fingerprint density at radius 3 is 2.38 bits per heavy atom. The number of fused-ring (bicyclic) bond motifs is 1. The fourth-order valence-corrected chi connectivity index (χ4v) is 3.86. The van der Waals surface area contributed by atoms with Gasteiger partial charge in [0.25, 0.3) is 5.91 Å². The lowest BCUT2D eigenvalue weighted by molar-refractivity contribution is -0.122. The van der Waals surface area contributed by atoms with E-state index in [1.165, 1.54) is 0 Å². The molecule has 1 amide bonds. The summed E-state index contributed by atoms with van der Waals surface area (Å²) in [5, 5.41) is 3.44. The van der Waals surface area contributed by atoms with Crippen molar-refractivity contribution in [2.45, 2.75) is 18.5 Å². The van der Waals surface area contributed by atoms with E-state index in [0.29, 0.717) is 6.54 Å². The number of terminal acetylenes is 1. The lowest BCUT2D eigenvalue weighted by Crippen LogP contribution is -2.45. The summed E-state index contributed by atoms with van der Waals surface area (Å²) in [5.74, 6) is 3.42. The van der Waals surface area contributed by atoms with Crippen molar-refractivity contribution in [2.24, 2.45) is 0 Å². The molecule has 0 aromatic heterocycles. The van der Waals surface area contributed by atoms with Gasteiger partial charge in [-0.1, -0.05) is 48.5 Å². The zero-order valence-electron chi connectivity index (χ0n) is 16.3. The molecular weight excluding hydrogens is 360 g/mol. The van der Waals surface area contributed by atoms with Crippen LogP contribution in [0.15, 0.2) is 78.9 Å². The summed E-state index contributed by atoms with van der Waals surface area (Å²) in [5.41, 5.74) is 2.66. The number of rotatable bonds is 6. The van der Waals surface area contributed by atoms with Crippen LogP contribution in [0.4, 0.5) is 11.4 Å². The maximum absolute atomic E-state index is 13.7. The van der Waals surface area contributed by atoms with Crippen molar-refractivity contribution >= 4 is 17.3 Å². The Kier molecular flexibility index (Phi) is 4.97. The SMILES string of the molecule is C#CCC1(Nc2ccc(OC)cc2)C(=O)N(Cc2ccccc2)c2ccccc21. The van der Waals surface area contributed by atoms with Crippen molar-refractivity contribution in [3.8, 4) is 18.1 Å². The van der Waals surface area contributed by atoms with E-state index in [0.717, 1.165) is 28.3 Å². The van der Waals surface area contributed by atoms with E-state index >= 15 is 0 Å². The van der Waals surface area contributed by atoms with Crippen LogP contribution in [-0.4, -0.2) is 13.0 Å². The second-order valence-corrected chi connectivity index (χ2v) is 7.03. The molecule has 1 heterocycles. The Morgan fingerprint density at radius 1 is 1.00 bits per heavy atom. The number of carbonyl (C=O) groups excluding carboxylic acids is 1. The van der Waals surface area contributed by atoms with Gasteiger partial charge >= 0.3 is 0 Å². The molecule has 1 atom stereocenters. The number of para-hydroxylation sites is 1. The highest BCUT2D eigenvalue weighted by atomic mass is 16.5. The first-order chi connectivity index (χ1) is 14.2. The van der Waals surface area contributed by atoms with Gasteiger partial charge in [0.05, 0.1) is 19.3 Å². The van der Waals surface area contributed by atoms with Gasteiger partial charge < -0.3 is 15.0 Å². The molecule has 0 spiro atoms. The Labute approximate surface area is 171 Å². The van der Waals surface area contributed by atoms with Crippen LogP contribution in [-0.2, 0) is 16.9 Å². The molecule has 0 fully saturated rings. The second kappa shape index (κ2) is 7.73. The normalized spacial score (nSPS) is 17.5. The number of nitrogens with zero attached hydrogens (tertiary/aromatic N) is 1. The van der Waals surface area contributed by atoms with E-state index in [4.69, 9.17) is 11.2 Å². The van der Waals surface area contributed by atoms with Crippen LogP contribution in [0.25, 0.3) is 0 Å². The zero-order chi connectivity index (χ0) is 20.3. The van der Waals surface area contributed by atoms with Crippen LogP contribution in [0.3, 0.4) is 0 Å². The molecule has 0 aliphatic carbocycles. The smallest absolute Gasteiger partial charge is 0.258 e. The highest BCUT2D eigenvalue weighted by molar-refractivity contribution is 6.09. The summed E-state index contributed by atoms with van der Waals surface area (Å²) in [6.45, 7) is 0.493. The van der Waals surface area contributed by atoms with Crippen LogP contribution in [0.5, 0.6) is 5.75 Å². The quantitative estimate of drug-likeness (QED) is 0.635. The van der Waals surface area contributed by atoms with E-state index in [1.807, 2.05) is 83.8 Å². The second-order valence-electron chi connectivity index (χ2n) is 7.03. The van der Waals surface area contributed by atoms with Crippen LogP contribution in [0, 0.1) is 12.3 Å². The average molecular weight is 382 g/mol. The zero-order valence-corrected chi connectivity index (χ0v) is 16.3. The predicted octanol–water partition coefficient (Wildman–Crippen LogP) is 4.57. The number of nitrogens with one attached hydrogen (secondary N) is 1. The van der Waals surface area contributed by atoms with E-state index in [-0.39, 0.29) is 12.3 Å². The monoisotopic (exact) mass is 382 g/mol. The van der Waals surface area contributed by atoms with Gasteiger partial charge in [0.15, 0.2) is 5.54 Å². The van der Waals surface area contributed by atoms with Crippen molar-refractivity contribution in [3.05, 3.63) is 90.0 Å². The first-order valence-electron chi connectivity index (χ1n) is 9.49. The van der Waals surface area contributed by atoms with Gasteiger partial charge in [0, 0.05) is 17.7 Å². The highest BCUT2D eigenvalue weighted by Crippen LogP contribution is 2.45. The highest BCUT2D eigenvalue weighted by Gasteiger charge is 2.50. The maximum atomic E-state index is 13.7. The average Bonchev–Trinajstić information content (AvgIpc) is 2.98. The summed E-state index contributed by atoms with van der Waals surface area (Å²) in [7, 11) is 1.63. The van der Waals surface area contributed by atoms with Crippen LogP contribution >= 0.6 is 0 Å². The molecule has 3 aromatic rings. The van der Waals surface area contributed by atoms with Gasteiger partial charge in [-0.15, -0.1) is 12.3 Å². The first-order valence-corrected chi connectivity index (χ1v) is 9.49. The van der Waals surface area contributed by atoms with Gasteiger partial charge in [0.1, 0.15) is 5.75 Å². The molecule has 0 bridgehead atoms. The Balaban J connectivity index is 1.76. The Bertz CT molecular complexity index is 1050. The molecule has 0 saturated carbocycles. The molecular formula is C25H22N2O2. The summed E-state index contributed by atoms with van der Waals surface area (Å²) in [6.07, 6.45) is 5.98. The van der Waals surface area contributed by atoms with Crippen molar-refractivity contribution < 1.29 is 9.53 Å². The number of anilines is 2. The fourth-order valence-electron chi connectivity index (χ4n) is 3.86. The van der Waals surface area contributed by atoms with Crippen molar-refractivity contribution in [1.82, 2.24) is 0 Å². The minimum Gasteiger partial charge on any atom is -0.497 e. The minimum absolute atomic E-state index is 0.0451. The van der Waals surface area contributed by atoms with Crippen molar-refractivity contribution in [1.29, 1.82) is 0 Å². The van der Waals surface area contributed by atoms with Crippen molar-refractivity contribution in [2.75, 3.05) is 17.3 Å². The van der Waals surface area contributed by atoms with Gasteiger partial charge in [0.2, 0.25) is 0 Å². The van der Waals surface area contributed by atoms with Gasteiger partial charge in [-0.05, 0) is 35.9 Å². The number of methoxy groups -OCH3 is 1. The molecule has 3 aromatic carbocycles. The number of hydrogen-bond donors (Lipinski definition) is 1. The Hall–Kier alpha value is -3.71. The third-order valence-corrected chi connectivity index (χ3v) is 5.26. The van der Waals surface area contributed by atoms with E-state index in [2.05, 4.69) is 11.2 Å². The van der Waals surface area contributed by atoms with E-state index in [1.54, 1.807) is 7.11 Å². The van der Waals surface area contributed by atoms with Gasteiger partial charge in [-0.2, -0.15) is 0 Å². The van der Waals surface area contributed by atoms with E-state index < -0.39 is 5.54 Å². The lowest BCUT2D eigenvalue weighted by atomic mass is 9.87. The lowest BCUT2D eigenvalue weighted by Gasteiger charge is -2.29. The molecule has 144 valence electrons. The minimum atomic E-state index is -1.01. The molecule has 1 N–H and O–H groups in total. The summed E-state index contributed by atoms with van der Waals surface area (Å²) >= 11 is 0. The molecule has 4 heteroatoms. The number of ether oxygens (including phenoxy) is 1. The van der Waals surface area contributed by atoms with Gasteiger partial charge in [-0.25, -0.2) is 0 Å². The number of benzene rings is 3. The fraction of sp³-hybridized carbons (Fsp3) is 0.160. The topological polar surface area (TPSA) is 41.6 Å². The number of amides is 1. The molecule has 29 heavy (non-hydrogen) atoms. The molecule has 1 aliphatic rings. The van der Waals surface area contributed by atoms with Gasteiger partial charge in [-0.3, -0.25) is 4.79 Å². The third kappa shape index (κ3) is 3.32. The molecule has 4 nitrogen and oxygen atoms in total. The number of carbonyl (C=O) groups is 1. The van der Waals surface area contributed by atoms with E-state index in [9.17, 15) is 4.79 Å². The molecule has 0 saturated heterocycles. The third-order valence-electron chi connectivity index (χ3n) is 5.26.